The van der Waals surface area contributed by atoms with Gasteiger partial charge in [0.25, 0.3) is 5.91 Å². The van der Waals surface area contributed by atoms with Crippen molar-refractivity contribution in [3.8, 4) is 5.75 Å². The third-order valence-corrected chi connectivity index (χ3v) is 5.17. The first-order chi connectivity index (χ1) is 13.2. The molecule has 1 aromatic rings. The van der Waals surface area contributed by atoms with Gasteiger partial charge in [-0.1, -0.05) is 6.07 Å². The number of carbonyl (C=O) groups is 2. The Balaban J connectivity index is 1.65. The first-order valence-corrected chi connectivity index (χ1v) is 9.92. The number of hydrogen-bond acceptors (Lipinski definition) is 4. The van der Waals surface area contributed by atoms with Crippen LogP contribution in [0, 0.1) is 11.7 Å². The Morgan fingerprint density at radius 3 is 2.57 bits per heavy atom. The largest absolute Gasteiger partial charge is 0.481 e. The number of benzene rings is 1. The van der Waals surface area contributed by atoms with Crippen molar-refractivity contribution in [1.82, 2.24) is 4.90 Å². The molecule has 0 bridgehead atoms. The van der Waals surface area contributed by atoms with E-state index in [-0.39, 0.29) is 36.0 Å². The van der Waals surface area contributed by atoms with E-state index in [2.05, 4.69) is 0 Å². The molecule has 0 aromatic heterocycles. The second-order valence-electron chi connectivity index (χ2n) is 8.43. The third kappa shape index (κ3) is 4.39. The van der Waals surface area contributed by atoms with Crippen LogP contribution in [-0.2, 0) is 16.0 Å². The number of halogens is 1. The van der Waals surface area contributed by atoms with E-state index in [0.29, 0.717) is 37.4 Å². The molecule has 0 radical (unpaired) electrons. The Morgan fingerprint density at radius 1 is 1.29 bits per heavy atom. The first-order valence-electron chi connectivity index (χ1n) is 9.92. The van der Waals surface area contributed by atoms with E-state index >= 15 is 4.39 Å². The summed E-state index contributed by atoms with van der Waals surface area (Å²) in [7, 11) is 0. The van der Waals surface area contributed by atoms with Gasteiger partial charge in [-0.3, -0.25) is 4.79 Å². The average Bonchev–Trinajstić information content (AvgIpc) is 2.63. The van der Waals surface area contributed by atoms with Crippen LogP contribution < -0.4 is 9.64 Å². The van der Waals surface area contributed by atoms with Crippen LogP contribution in [0.2, 0.25) is 0 Å². The van der Waals surface area contributed by atoms with Crippen LogP contribution in [0.15, 0.2) is 12.1 Å². The second kappa shape index (κ2) is 7.97. The molecule has 0 unspecified atom stereocenters. The summed E-state index contributed by atoms with van der Waals surface area (Å²) in [5.74, 6) is 0.0997. The lowest BCUT2D eigenvalue weighted by atomic mass is 9.89. The summed E-state index contributed by atoms with van der Waals surface area (Å²) in [6, 6.07) is 3.50. The number of anilines is 1. The highest BCUT2D eigenvalue weighted by molar-refractivity contribution is 5.98. The van der Waals surface area contributed by atoms with Gasteiger partial charge in [0, 0.05) is 19.6 Å². The molecule has 0 aliphatic carbocycles. The maximum atomic E-state index is 15.2. The zero-order valence-electron chi connectivity index (χ0n) is 17.1. The van der Waals surface area contributed by atoms with Crippen LogP contribution in [-0.4, -0.2) is 48.7 Å². The molecule has 0 atom stereocenters. The number of nitrogens with zero attached hydrogens (tertiary/aromatic N) is 2. The predicted molar refractivity (Wildman–Crippen MR) is 104 cm³/mol. The zero-order valence-corrected chi connectivity index (χ0v) is 17.1. The maximum absolute atomic E-state index is 15.2. The summed E-state index contributed by atoms with van der Waals surface area (Å²) in [5.41, 5.74) is 0.332. The molecule has 28 heavy (non-hydrogen) atoms. The third-order valence-electron chi connectivity index (χ3n) is 5.17. The van der Waals surface area contributed by atoms with E-state index in [0.717, 1.165) is 12.8 Å². The highest BCUT2D eigenvalue weighted by Gasteiger charge is 2.31. The fraction of sp³-hybridized carbons (Fsp3) is 0.619. The van der Waals surface area contributed by atoms with Gasteiger partial charge < -0.3 is 19.3 Å². The summed E-state index contributed by atoms with van der Waals surface area (Å²) < 4.78 is 26.0. The molecule has 2 heterocycles. The van der Waals surface area contributed by atoms with E-state index < -0.39 is 5.60 Å². The summed E-state index contributed by atoms with van der Waals surface area (Å²) >= 11 is 0. The molecule has 3 rings (SSSR count). The Hall–Kier alpha value is -2.31. The molecule has 2 amide bonds. The summed E-state index contributed by atoms with van der Waals surface area (Å²) in [5, 5.41) is 0. The van der Waals surface area contributed by atoms with Crippen molar-refractivity contribution < 1.29 is 23.5 Å². The van der Waals surface area contributed by atoms with Crippen LogP contribution in [0.5, 0.6) is 5.75 Å². The van der Waals surface area contributed by atoms with Gasteiger partial charge in [-0.15, -0.1) is 0 Å². The number of carbonyl (C=O) groups excluding carboxylic acids is 2. The van der Waals surface area contributed by atoms with Crippen molar-refractivity contribution in [3.63, 3.8) is 0 Å². The standard InChI is InChI=1S/C21H29FN2O4/c1-5-24-17(25)13-27-16-7-6-15(18(22)19(16)24)12-14-8-10-23(11-9-14)20(26)28-21(2,3)4/h6-7,14H,5,8-13H2,1-4H3. The Kier molecular flexibility index (Phi) is 5.82. The van der Waals surface area contributed by atoms with Crippen molar-refractivity contribution in [1.29, 1.82) is 0 Å². The van der Waals surface area contributed by atoms with Gasteiger partial charge >= 0.3 is 6.09 Å². The molecule has 1 saturated heterocycles. The van der Waals surface area contributed by atoms with E-state index in [1.165, 1.54) is 4.90 Å². The van der Waals surface area contributed by atoms with Crippen LogP contribution in [0.4, 0.5) is 14.9 Å². The fourth-order valence-corrected chi connectivity index (χ4v) is 3.75. The first kappa shape index (κ1) is 20.4. The van der Waals surface area contributed by atoms with Crippen molar-refractivity contribution in [2.24, 2.45) is 5.92 Å². The maximum Gasteiger partial charge on any atom is 0.410 e. The predicted octanol–water partition coefficient (Wildman–Crippen LogP) is 3.76. The van der Waals surface area contributed by atoms with E-state index in [1.54, 1.807) is 17.0 Å². The van der Waals surface area contributed by atoms with E-state index in [4.69, 9.17) is 9.47 Å². The second-order valence-corrected chi connectivity index (χ2v) is 8.43. The Morgan fingerprint density at radius 2 is 1.96 bits per heavy atom. The van der Waals surface area contributed by atoms with Gasteiger partial charge in [0.2, 0.25) is 0 Å². The molecule has 2 aliphatic rings. The highest BCUT2D eigenvalue weighted by Crippen LogP contribution is 2.37. The molecular formula is C21H29FN2O4. The molecule has 1 aromatic carbocycles. The quantitative estimate of drug-likeness (QED) is 0.786. The molecule has 1 fully saturated rings. The minimum atomic E-state index is -0.509. The number of amides is 2. The smallest absolute Gasteiger partial charge is 0.410 e. The minimum absolute atomic E-state index is 0.0528. The van der Waals surface area contributed by atoms with Crippen molar-refractivity contribution in [2.45, 2.75) is 52.6 Å². The monoisotopic (exact) mass is 392 g/mol. The Labute approximate surface area is 165 Å². The molecule has 0 N–H and O–H groups in total. The molecule has 154 valence electrons. The molecule has 6 nitrogen and oxygen atoms in total. The van der Waals surface area contributed by atoms with Crippen molar-refractivity contribution in [3.05, 3.63) is 23.5 Å². The summed E-state index contributed by atoms with van der Waals surface area (Å²) in [6.45, 7) is 8.95. The number of likely N-dealkylation sites (N-methyl/N-ethyl adjacent to an activating group) is 1. The number of fused-ring (bicyclic) bond motifs is 1. The lowest BCUT2D eigenvalue weighted by Crippen LogP contribution is -2.42. The fourth-order valence-electron chi connectivity index (χ4n) is 3.75. The molecular weight excluding hydrogens is 363 g/mol. The van der Waals surface area contributed by atoms with Crippen molar-refractivity contribution >= 4 is 17.7 Å². The van der Waals surface area contributed by atoms with Crippen LogP contribution in [0.3, 0.4) is 0 Å². The van der Waals surface area contributed by atoms with Crippen LogP contribution in [0.1, 0.15) is 46.1 Å². The van der Waals surface area contributed by atoms with E-state index in [9.17, 15) is 9.59 Å². The van der Waals surface area contributed by atoms with Gasteiger partial charge in [0.15, 0.2) is 12.4 Å². The molecule has 0 saturated carbocycles. The number of ether oxygens (including phenoxy) is 2. The molecule has 2 aliphatic heterocycles. The minimum Gasteiger partial charge on any atom is -0.481 e. The zero-order chi connectivity index (χ0) is 20.5. The lowest BCUT2D eigenvalue weighted by Gasteiger charge is -2.34. The molecule has 0 spiro atoms. The van der Waals surface area contributed by atoms with Crippen LogP contribution >= 0.6 is 0 Å². The number of likely N-dealkylation sites (tertiary alicyclic amines) is 1. The normalized spacial score (nSPS) is 18.0. The number of hydrogen-bond donors (Lipinski definition) is 0. The Bertz CT molecular complexity index is 752. The lowest BCUT2D eigenvalue weighted by molar-refractivity contribution is -0.121. The van der Waals surface area contributed by atoms with Gasteiger partial charge in [-0.2, -0.15) is 0 Å². The summed E-state index contributed by atoms with van der Waals surface area (Å²) in [6.07, 6.45) is 1.87. The average molecular weight is 392 g/mol. The van der Waals surface area contributed by atoms with Gasteiger partial charge in [0.05, 0.1) is 0 Å². The highest BCUT2D eigenvalue weighted by atomic mass is 19.1. The van der Waals surface area contributed by atoms with Gasteiger partial charge in [-0.05, 0) is 64.5 Å². The molecule has 7 heteroatoms. The number of rotatable bonds is 3. The van der Waals surface area contributed by atoms with Crippen molar-refractivity contribution in [2.75, 3.05) is 31.1 Å². The van der Waals surface area contributed by atoms with Gasteiger partial charge in [-0.25, -0.2) is 9.18 Å². The topological polar surface area (TPSA) is 59.1 Å². The van der Waals surface area contributed by atoms with E-state index in [1.807, 2.05) is 27.7 Å². The van der Waals surface area contributed by atoms with Crippen LogP contribution in [0.25, 0.3) is 0 Å². The van der Waals surface area contributed by atoms with Gasteiger partial charge in [0.1, 0.15) is 17.0 Å². The summed E-state index contributed by atoms with van der Waals surface area (Å²) in [4.78, 5) is 27.4. The SMILES string of the molecule is CCN1C(=O)COc2ccc(CC3CCN(C(=O)OC(C)(C)C)CC3)c(F)c21. The number of piperidine rings is 1.